The van der Waals surface area contributed by atoms with Crippen LogP contribution in [0.2, 0.25) is 0 Å². The van der Waals surface area contributed by atoms with Crippen molar-refractivity contribution in [2.24, 2.45) is 0 Å². The lowest BCUT2D eigenvalue weighted by molar-refractivity contribution is 0.101. The van der Waals surface area contributed by atoms with E-state index in [2.05, 4.69) is 0 Å². The molecule has 0 amide bonds. The number of hydrogen-bond acceptors (Lipinski definition) is 3. The third-order valence-electron chi connectivity index (χ3n) is 2.30. The fourth-order valence-corrected chi connectivity index (χ4v) is 3.02. The molecule has 64 valence electrons. The molecule has 0 bridgehead atoms. The topological polar surface area (TPSA) is 43.1 Å². The van der Waals surface area contributed by atoms with Gasteiger partial charge in [-0.3, -0.25) is 4.79 Å². The van der Waals surface area contributed by atoms with Crippen LogP contribution in [0.3, 0.4) is 0 Å². The fourth-order valence-electron chi connectivity index (χ4n) is 1.81. The molecule has 2 nitrogen and oxygen atoms in total. The van der Waals surface area contributed by atoms with Crippen LogP contribution in [0.25, 0.3) is 0 Å². The molecule has 1 aromatic rings. The Morgan fingerprint density at radius 1 is 1.50 bits per heavy atom. The van der Waals surface area contributed by atoms with Gasteiger partial charge in [-0.15, -0.1) is 11.3 Å². The number of thiophene rings is 1. The predicted octanol–water partition coefficient (Wildman–Crippen LogP) is 2.02. The Bertz CT molecular complexity index is 341. The van der Waals surface area contributed by atoms with Crippen LogP contribution >= 0.6 is 11.3 Å². The first-order valence-electron chi connectivity index (χ1n) is 4.11. The third kappa shape index (κ3) is 0.966. The van der Waals surface area contributed by atoms with Gasteiger partial charge < -0.3 is 5.73 Å². The third-order valence-corrected chi connectivity index (χ3v) is 3.42. The number of carbonyl (C=O) groups excluding carboxylic acids is 1. The second-order valence-corrected chi connectivity index (χ2v) is 4.29. The van der Waals surface area contributed by atoms with Crippen molar-refractivity contribution in [1.29, 1.82) is 0 Å². The van der Waals surface area contributed by atoms with Crippen LogP contribution in [0.15, 0.2) is 0 Å². The molecule has 0 saturated heterocycles. The van der Waals surface area contributed by atoms with Crippen LogP contribution in [-0.4, -0.2) is 5.78 Å². The van der Waals surface area contributed by atoms with Gasteiger partial charge in [0.15, 0.2) is 5.78 Å². The maximum Gasteiger partial charge on any atom is 0.163 e. The zero-order chi connectivity index (χ0) is 8.72. The molecule has 3 heteroatoms. The highest BCUT2D eigenvalue weighted by Gasteiger charge is 2.22. The average Bonchev–Trinajstić information content (AvgIpc) is 2.44. The van der Waals surface area contributed by atoms with Crippen LogP contribution < -0.4 is 5.73 Å². The Balaban J connectivity index is 2.59. The maximum absolute atomic E-state index is 11.2. The van der Waals surface area contributed by atoms with Crippen molar-refractivity contribution in [3.63, 3.8) is 0 Å². The normalized spacial score (nSPS) is 14.8. The summed E-state index contributed by atoms with van der Waals surface area (Å²) in [5.41, 5.74) is 7.78. The monoisotopic (exact) mass is 181 g/mol. The molecule has 0 fully saturated rings. The highest BCUT2D eigenvalue weighted by atomic mass is 32.1. The molecule has 1 heterocycles. The number of rotatable bonds is 1. The molecule has 1 aliphatic rings. The Hall–Kier alpha value is -0.830. The summed E-state index contributed by atoms with van der Waals surface area (Å²) in [5.74, 6) is 0.118. The minimum absolute atomic E-state index is 0.118. The van der Waals surface area contributed by atoms with Crippen LogP contribution in [0.4, 0.5) is 5.00 Å². The zero-order valence-electron chi connectivity index (χ0n) is 7.02. The predicted molar refractivity (Wildman–Crippen MR) is 50.8 cm³/mol. The molecule has 0 radical (unpaired) electrons. The van der Waals surface area contributed by atoms with E-state index in [4.69, 9.17) is 5.73 Å². The SMILES string of the molecule is CC(=O)c1c(N)sc2c1CCC2. The first kappa shape index (κ1) is 7.80. The number of nitrogen functional groups attached to an aromatic ring is 1. The lowest BCUT2D eigenvalue weighted by Crippen LogP contribution is -1.98. The van der Waals surface area contributed by atoms with Gasteiger partial charge >= 0.3 is 0 Å². The van der Waals surface area contributed by atoms with Crippen LogP contribution in [0, 0.1) is 0 Å². The number of hydrogen-bond donors (Lipinski definition) is 1. The molecule has 0 unspecified atom stereocenters. The van der Waals surface area contributed by atoms with Gasteiger partial charge in [0.05, 0.1) is 10.6 Å². The van der Waals surface area contributed by atoms with Crippen molar-refractivity contribution in [2.45, 2.75) is 26.2 Å². The smallest absolute Gasteiger partial charge is 0.163 e. The van der Waals surface area contributed by atoms with E-state index in [0.29, 0.717) is 5.00 Å². The van der Waals surface area contributed by atoms with E-state index in [-0.39, 0.29) is 5.78 Å². The summed E-state index contributed by atoms with van der Waals surface area (Å²) in [6, 6.07) is 0. The van der Waals surface area contributed by atoms with Gasteiger partial charge in [0.25, 0.3) is 0 Å². The number of carbonyl (C=O) groups is 1. The minimum Gasteiger partial charge on any atom is -0.390 e. The van der Waals surface area contributed by atoms with Crippen molar-refractivity contribution < 1.29 is 4.79 Å². The first-order chi connectivity index (χ1) is 5.70. The molecule has 2 N–H and O–H groups in total. The fraction of sp³-hybridized carbons (Fsp3) is 0.444. The Labute approximate surface area is 75.4 Å². The number of anilines is 1. The van der Waals surface area contributed by atoms with Crippen molar-refractivity contribution in [3.05, 3.63) is 16.0 Å². The maximum atomic E-state index is 11.2. The largest absolute Gasteiger partial charge is 0.390 e. The van der Waals surface area contributed by atoms with Crippen molar-refractivity contribution in [2.75, 3.05) is 5.73 Å². The van der Waals surface area contributed by atoms with Crippen LogP contribution in [0.1, 0.15) is 34.1 Å². The average molecular weight is 181 g/mol. The molecule has 0 atom stereocenters. The van der Waals surface area contributed by atoms with Crippen molar-refractivity contribution in [3.8, 4) is 0 Å². The summed E-state index contributed by atoms with van der Waals surface area (Å²) < 4.78 is 0. The zero-order valence-corrected chi connectivity index (χ0v) is 7.83. The van der Waals surface area contributed by atoms with Gasteiger partial charge in [-0.1, -0.05) is 0 Å². The molecule has 0 spiro atoms. The van der Waals surface area contributed by atoms with Crippen LogP contribution in [-0.2, 0) is 12.8 Å². The second kappa shape index (κ2) is 2.59. The van der Waals surface area contributed by atoms with Crippen molar-refractivity contribution in [1.82, 2.24) is 0 Å². The highest BCUT2D eigenvalue weighted by molar-refractivity contribution is 7.16. The summed E-state index contributed by atoms with van der Waals surface area (Å²) in [5, 5.41) is 0.715. The molecular weight excluding hydrogens is 170 g/mol. The van der Waals surface area contributed by atoms with E-state index >= 15 is 0 Å². The van der Waals surface area contributed by atoms with Crippen LogP contribution in [0.5, 0.6) is 0 Å². The summed E-state index contributed by atoms with van der Waals surface area (Å²) in [7, 11) is 0. The molecule has 0 saturated carbocycles. The molecule has 0 aliphatic heterocycles. The number of ketones is 1. The number of aryl methyl sites for hydroxylation is 1. The molecule has 0 aromatic carbocycles. The second-order valence-electron chi connectivity index (χ2n) is 3.15. The minimum atomic E-state index is 0.118. The van der Waals surface area contributed by atoms with Gasteiger partial charge in [-0.2, -0.15) is 0 Å². The lowest BCUT2D eigenvalue weighted by atomic mass is 10.1. The number of Topliss-reactive ketones (excluding diaryl/α,β-unsaturated/α-hetero) is 1. The number of nitrogens with two attached hydrogens (primary N) is 1. The lowest BCUT2D eigenvalue weighted by Gasteiger charge is -1.96. The van der Waals surface area contributed by atoms with E-state index in [1.165, 1.54) is 16.9 Å². The Morgan fingerprint density at radius 3 is 2.92 bits per heavy atom. The summed E-state index contributed by atoms with van der Waals surface area (Å²) in [6.45, 7) is 1.59. The summed E-state index contributed by atoms with van der Waals surface area (Å²) in [6.07, 6.45) is 3.33. The van der Waals surface area contributed by atoms with Gasteiger partial charge in [0.2, 0.25) is 0 Å². The van der Waals surface area contributed by atoms with Gasteiger partial charge in [0, 0.05) is 4.88 Å². The van der Waals surface area contributed by atoms with E-state index in [0.717, 1.165) is 18.4 Å². The Morgan fingerprint density at radius 2 is 2.25 bits per heavy atom. The molecule has 12 heavy (non-hydrogen) atoms. The molecule has 1 aliphatic carbocycles. The standard InChI is InChI=1S/C9H11NOS/c1-5(11)8-6-3-2-4-7(6)12-9(8)10/h2-4,10H2,1H3. The van der Waals surface area contributed by atoms with E-state index in [9.17, 15) is 4.79 Å². The summed E-state index contributed by atoms with van der Waals surface area (Å²) in [4.78, 5) is 12.5. The van der Waals surface area contributed by atoms with Gasteiger partial charge in [-0.25, -0.2) is 0 Å². The van der Waals surface area contributed by atoms with Gasteiger partial charge in [0.1, 0.15) is 0 Å². The van der Waals surface area contributed by atoms with E-state index < -0.39 is 0 Å². The number of fused-ring (bicyclic) bond motifs is 1. The van der Waals surface area contributed by atoms with Gasteiger partial charge in [-0.05, 0) is 31.7 Å². The first-order valence-corrected chi connectivity index (χ1v) is 4.92. The van der Waals surface area contributed by atoms with Crippen molar-refractivity contribution >= 4 is 22.1 Å². The molecule has 1 aromatic heterocycles. The molecule has 2 rings (SSSR count). The molecular formula is C9H11NOS. The Kier molecular flexibility index (Phi) is 1.68. The quantitative estimate of drug-likeness (QED) is 0.673. The van der Waals surface area contributed by atoms with E-state index in [1.807, 2.05) is 0 Å². The summed E-state index contributed by atoms with van der Waals surface area (Å²) >= 11 is 1.59. The highest BCUT2D eigenvalue weighted by Crippen LogP contribution is 2.37. The van der Waals surface area contributed by atoms with E-state index in [1.54, 1.807) is 18.3 Å².